The third-order valence-electron chi connectivity index (χ3n) is 4.36. The van der Waals surface area contributed by atoms with Crippen molar-refractivity contribution in [2.24, 2.45) is 0 Å². The average Bonchev–Trinajstić information content (AvgIpc) is 3.00. The highest BCUT2D eigenvalue weighted by atomic mass is 19.1. The molecule has 1 aliphatic rings. The van der Waals surface area contributed by atoms with Gasteiger partial charge in [0.05, 0.1) is 0 Å². The lowest BCUT2D eigenvalue weighted by molar-refractivity contribution is -0.118. The highest BCUT2D eigenvalue weighted by molar-refractivity contribution is 6.00. The maximum atomic E-state index is 12.9. The van der Waals surface area contributed by atoms with Gasteiger partial charge in [-0.25, -0.2) is 9.18 Å². The van der Waals surface area contributed by atoms with E-state index in [1.54, 1.807) is 62.1 Å². The molecule has 7 heteroatoms. The van der Waals surface area contributed by atoms with Crippen LogP contribution in [0.3, 0.4) is 0 Å². The van der Waals surface area contributed by atoms with E-state index in [2.05, 4.69) is 5.32 Å². The Morgan fingerprint density at radius 3 is 2.41 bits per heavy atom. The van der Waals surface area contributed by atoms with Crippen molar-refractivity contribution in [1.82, 2.24) is 5.32 Å². The molecule has 154 valence electrons. The van der Waals surface area contributed by atoms with Gasteiger partial charge in [0.2, 0.25) is 5.91 Å². The molecular formula is C22H25FN2O4. The molecular weight excluding hydrogens is 375 g/mol. The van der Waals surface area contributed by atoms with Gasteiger partial charge in [-0.15, -0.1) is 0 Å². The first-order valence-electron chi connectivity index (χ1n) is 9.49. The molecule has 0 aromatic heterocycles. The zero-order valence-electron chi connectivity index (χ0n) is 16.8. The van der Waals surface area contributed by atoms with Crippen LogP contribution >= 0.6 is 0 Å². The second-order valence-electron chi connectivity index (χ2n) is 7.89. The zero-order valence-corrected chi connectivity index (χ0v) is 16.8. The molecule has 3 rings (SSSR count). The van der Waals surface area contributed by atoms with Crippen LogP contribution in [0.2, 0.25) is 0 Å². The SMILES string of the molecule is CC(C)(C)OC(=O)NC1CCN(c2ccc(OCc3ccc(F)cc3)cc2)C1=O. The number of carbonyl (C=O) groups excluding carboxylic acids is 2. The largest absolute Gasteiger partial charge is 0.489 e. The second-order valence-corrected chi connectivity index (χ2v) is 7.89. The maximum Gasteiger partial charge on any atom is 0.408 e. The molecule has 0 spiro atoms. The van der Waals surface area contributed by atoms with E-state index in [0.717, 1.165) is 11.3 Å². The van der Waals surface area contributed by atoms with Crippen LogP contribution in [0.15, 0.2) is 48.5 Å². The van der Waals surface area contributed by atoms with Gasteiger partial charge in [0.15, 0.2) is 0 Å². The molecule has 1 heterocycles. The fourth-order valence-electron chi connectivity index (χ4n) is 2.99. The minimum atomic E-state index is -0.616. The van der Waals surface area contributed by atoms with E-state index >= 15 is 0 Å². The van der Waals surface area contributed by atoms with Crippen molar-refractivity contribution in [3.05, 3.63) is 59.9 Å². The van der Waals surface area contributed by atoms with Crippen LogP contribution in [0, 0.1) is 5.82 Å². The summed E-state index contributed by atoms with van der Waals surface area (Å²) < 4.78 is 23.9. The van der Waals surface area contributed by atoms with Crippen molar-refractivity contribution in [1.29, 1.82) is 0 Å². The highest BCUT2D eigenvalue weighted by Gasteiger charge is 2.34. The Hall–Kier alpha value is -3.09. The van der Waals surface area contributed by atoms with Crippen LogP contribution in [0.25, 0.3) is 0 Å². The summed E-state index contributed by atoms with van der Waals surface area (Å²) in [6, 6.07) is 12.7. The Morgan fingerprint density at radius 2 is 1.79 bits per heavy atom. The van der Waals surface area contributed by atoms with E-state index < -0.39 is 17.7 Å². The molecule has 0 saturated carbocycles. The Morgan fingerprint density at radius 1 is 1.14 bits per heavy atom. The van der Waals surface area contributed by atoms with Gasteiger partial charge in [0.1, 0.15) is 29.8 Å². The van der Waals surface area contributed by atoms with Crippen LogP contribution in [0.5, 0.6) is 5.75 Å². The molecule has 1 atom stereocenters. The zero-order chi connectivity index (χ0) is 21.0. The van der Waals surface area contributed by atoms with Crippen molar-refractivity contribution in [3.63, 3.8) is 0 Å². The van der Waals surface area contributed by atoms with Crippen molar-refractivity contribution >= 4 is 17.7 Å². The van der Waals surface area contributed by atoms with E-state index in [0.29, 0.717) is 25.3 Å². The molecule has 2 aromatic carbocycles. The van der Waals surface area contributed by atoms with Gasteiger partial charge in [-0.3, -0.25) is 4.79 Å². The van der Waals surface area contributed by atoms with E-state index in [9.17, 15) is 14.0 Å². The lowest BCUT2D eigenvalue weighted by Gasteiger charge is -2.21. The summed E-state index contributed by atoms with van der Waals surface area (Å²) in [6.07, 6.45) is -0.0804. The summed E-state index contributed by atoms with van der Waals surface area (Å²) in [5, 5.41) is 2.63. The van der Waals surface area contributed by atoms with Crippen LogP contribution in [-0.4, -0.2) is 30.2 Å². The van der Waals surface area contributed by atoms with Gasteiger partial charge in [-0.1, -0.05) is 12.1 Å². The minimum Gasteiger partial charge on any atom is -0.489 e. The number of carbonyl (C=O) groups is 2. The topological polar surface area (TPSA) is 67.9 Å². The predicted octanol–water partition coefficient (Wildman–Crippen LogP) is 4.03. The second kappa shape index (κ2) is 8.51. The standard InChI is InChI=1S/C22H25FN2O4/c1-22(2,3)29-21(27)24-19-12-13-25(20(19)26)17-8-10-18(11-9-17)28-14-15-4-6-16(23)7-5-15/h4-11,19H,12-14H2,1-3H3,(H,24,27). The van der Waals surface area contributed by atoms with Crippen molar-refractivity contribution in [2.45, 2.75) is 45.4 Å². The molecule has 1 N–H and O–H groups in total. The first-order chi connectivity index (χ1) is 13.7. The van der Waals surface area contributed by atoms with Gasteiger partial charge in [0.25, 0.3) is 0 Å². The number of nitrogens with zero attached hydrogens (tertiary/aromatic N) is 1. The lowest BCUT2D eigenvalue weighted by Crippen LogP contribution is -2.43. The van der Waals surface area contributed by atoms with Crippen LogP contribution < -0.4 is 15.0 Å². The highest BCUT2D eigenvalue weighted by Crippen LogP contribution is 2.25. The number of halogens is 1. The quantitative estimate of drug-likeness (QED) is 0.823. The van der Waals surface area contributed by atoms with E-state index in [-0.39, 0.29) is 11.7 Å². The third-order valence-corrected chi connectivity index (χ3v) is 4.36. The monoisotopic (exact) mass is 400 g/mol. The molecule has 2 aromatic rings. The lowest BCUT2D eigenvalue weighted by atomic mass is 10.2. The normalized spacial score (nSPS) is 16.6. The number of amides is 2. The van der Waals surface area contributed by atoms with Gasteiger partial charge in [-0.2, -0.15) is 0 Å². The predicted molar refractivity (Wildman–Crippen MR) is 107 cm³/mol. The molecule has 0 radical (unpaired) electrons. The summed E-state index contributed by atoms with van der Waals surface area (Å²) in [6.45, 7) is 6.15. The van der Waals surface area contributed by atoms with Gasteiger partial charge >= 0.3 is 6.09 Å². The fraction of sp³-hybridized carbons (Fsp3) is 0.364. The molecule has 0 bridgehead atoms. The van der Waals surface area contributed by atoms with Crippen molar-refractivity contribution in [3.8, 4) is 5.75 Å². The van der Waals surface area contributed by atoms with E-state index in [1.165, 1.54) is 12.1 Å². The molecule has 1 unspecified atom stereocenters. The first-order valence-corrected chi connectivity index (χ1v) is 9.49. The van der Waals surface area contributed by atoms with Gasteiger partial charge in [-0.05, 0) is 69.2 Å². The number of alkyl carbamates (subject to hydrolysis) is 1. The Bertz CT molecular complexity index is 860. The summed E-state index contributed by atoms with van der Waals surface area (Å²) >= 11 is 0. The average molecular weight is 400 g/mol. The number of benzene rings is 2. The summed E-state index contributed by atoms with van der Waals surface area (Å²) in [7, 11) is 0. The maximum absolute atomic E-state index is 12.9. The van der Waals surface area contributed by atoms with E-state index in [1.807, 2.05) is 0 Å². The van der Waals surface area contributed by atoms with Crippen LogP contribution in [-0.2, 0) is 16.1 Å². The fourth-order valence-corrected chi connectivity index (χ4v) is 2.99. The smallest absolute Gasteiger partial charge is 0.408 e. The van der Waals surface area contributed by atoms with Crippen molar-refractivity contribution in [2.75, 3.05) is 11.4 Å². The summed E-state index contributed by atoms with van der Waals surface area (Å²) in [4.78, 5) is 26.2. The Kier molecular flexibility index (Phi) is 6.06. The molecule has 1 aliphatic heterocycles. The summed E-state index contributed by atoms with van der Waals surface area (Å²) in [5.41, 5.74) is 0.980. The van der Waals surface area contributed by atoms with Crippen LogP contribution in [0.1, 0.15) is 32.8 Å². The number of hydrogen-bond donors (Lipinski definition) is 1. The third kappa shape index (κ3) is 5.70. The minimum absolute atomic E-state index is 0.171. The first kappa shape index (κ1) is 20.6. The molecule has 2 amide bonds. The van der Waals surface area contributed by atoms with Crippen molar-refractivity contribution < 1.29 is 23.5 Å². The molecule has 1 saturated heterocycles. The molecule has 1 fully saturated rings. The number of rotatable bonds is 5. The molecule has 6 nitrogen and oxygen atoms in total. The van der Waals surface area contributed by atoms with Gasteiger partial charge < -0.3 is 19.7 Å². The molecule has 0 aliphatic carbocycles. The van der Waals surface area contributed by atoms with E-state index in [4.69, 9.17) is 9.47 Å². The van der Waals surface area contributed by atoms with Gasteiger partial charge in [0, 0.05) is 12.2 Å². The van der Waals surface area contributed by atoms with Crippen LogP contribution in [0.4, 0.5) is 14.9 Å². The summed E-state index contributed by atoms with van der Waals surface area (Å²) in [5.74, 6) is 0.192. The number of ether oxygens (including phenoxy) is 2. The Balaban J connectivity index is 1.55. The molecule has 29 heavy (non-hydrogen) atoms. The number of anilines is 1. The number of hydrogen-bond acceptors (Lipinski definition) is 4. The Labute approximate surface area is 169 Å². The number of nitrogens with one attached hydrogen (secondary N) is 1.